The van der Waals surface area contributed by atoms with Crippen LogP contribution in [0.1, 0.15) is 5.82 Å². The zero-order valence-electron chi connectivity index (χ0n) is 15.3. The van der Waals surface area contributed by atoms with Crippen LogP contribution in [0.3, 0.4) is 0 Å². The number of nitrogens with zero attached hydrogens (tertiary/aromatic N) is 4. The predicted octanol–water partition coefficient (Wildman–Crippen LogP) is 3.36. The van der Waals surface area contributed by atoms with Gasteiger partial charge in [-0.1, -0.05) is 18.2 Å². The second-order valence-corrected chi connectivity index (χ2v) is 7.88. The van der Waals surface area contributed by atoms with E-state index in [9.17, 15) is 26.0 Å². The largest absolute Gasteiger partial charge is 0.450 e. The Labute approximate surface area is 172 Å². The second-order valence-electron chi connectivity index (χ2n) is 6.32. The molecule has 13 heteroatoms. The van der Waals surface area contributed by atoms with E-state index in [1.165, 1.54) is 48.5 Å². The first-order valence-electron chi connectivity index (χ1n) is 8.51. The fourth-order valence-corrected chi connectivity index (χ4v) is 3.45. The summed E-state index contributed by atoms with van der Waals surface area (Å²) in [5.41, 5.74) is 0.174. The van der Waals surface area contributed by atoms with Crippen LogP contribution in [-0.2, 0) is 16.2 Å². The van der Waals surface area contributed by atoms with Crippen LogP contribution in [0.4, 0.5) is 29.2 Å². The summed E-state index contributed by atoms with van der Waals surface area (Å²) < 4.78 is 78.8. The molecule has 160 valence electrons. The molecule has 0 radical (unpaired) electrons. The molecule has 0 spiro atoms. The molecule has 0 amide bonds. The van der Waals surface area contributed by atoms with E-state index in [2.05, 4.69) is 20.3 Å². The average Bonchev–Trinajstić information content (AvgIpc) is 3.09. The molecule has 0 saturated carbocycles. The monoisotopic (exact) mass is 452 g/mol. The van der Waals surface area contributed by atoms with Gasteiger partial charge in [-0.15, -0.1) is 0 Å². The lowest BCUT2D eigenvalue weighted by Gasteiger charge is -2.13. The lowest BCUT2D eigenvalue weighted by molar-refractivity contribution is -0.145. The van der Waals surface area contributed by atoms with Gasteiger partial charge in [0, 0.05) is 5.69 Å². The molecule has 31 heavy (non-hydrogen) atoms. The van der Waals surface area contributed by atoms with E-state index < -0.39 is 33.7 Å². The summed E-state index contributed by atoms with van der Waals surface area (Å²) in [5, 5.41) is 7.71. The highest BCUT2D eigenvalue weighted by Crippen LogP contribution is 2.34. The van der Waals surface area contributed by atoms with E-state index >= 15 is 0 Å². The van der Waals surface area contributed by atoms with Crippen molar-refractivity contribution in [2.45, 2.75) is 11.1 Å². The third-order valence-corrected chi connectivity index (χ3v) is 5.08. The SMILES string of the molecule is NS(=O)(=O)c1cccc(Nc2ncc(F)c(-n3c(C(F)(F)F)nc4ccccc43)n2)c1. The molecule has 0 saturated heterocycles. The minimum Gasteiger partial charge on any atom is -0.324 e. The standard InChI is InChI=1S/C18H12F4N6O2S/c19-12-9-24-17(25-10-4-3-5-11(8-10)31(23,29)30)27-15(12)28-14-7-2-1-6-13(14)26-16(28)18(20,21)22/h1-9H,(H2,23,29,30)(H,24,25,27). The lowest BCUT2D eigenvalue weighted by Crippen LogP contribution is -2.16. The number of primary sulfonamides is 1. The Morgan fingerprint density at radius 3 is 2.48 bits per heavy atom. The fourth-order valence-electron chi connectivity index (χ4n) is 2.89. The average molecular weight is 452 g/mol. The molecule has 0 bridgehead atoms. The van der Waals surface area contributed by atoms with Crippen molar-refractivity contribution in [2.24, 2.45) is 5.14 Å². The number of hydrogen-bond donors (Lipinski definition) is 2. The van der Waals surface area contributed by atoms with Crippen LogP contribution in [0.2, 0.25) is 0 Å². The number of aromatic nitrogens is 4. The summed E-state index contributed by atoms with van der Waals surface area (Å²) in [4.78, 5) is 10.9. The van der Waals surface area contributed by atoms with E-state index in [4.69, 9.17) is 5.14 Å². The summed E-state index contributed by atoms with van der Waals surface area (Å²) in [6, 6.07) is 11.0. The Morgan fingerprint density at radius 2 is 1.77 bits per heavy atom. The van der Waals surface area contributed by atoms with Crippen LogP contribution in [-0.4, -0.2) is 27.9 Å². The molecule has 2 aromatic carbocycles. The molecular formula is C18H12F4N6O2S. The van der Waals surface area contributed by atoms with Gasteiger partial charge in [-0.05, 0) is 30.3 Å². The molecule has 0 aliphatic carbocycles. The number of para-hydroxylation sites is 2. The van der Waals surface area contributed by atoms with Gasteiger partial charge in [-0.25, -0.2) is 27.9 Å². The quantitative estimate of drug-likeness (QED) is 0.459. The van der Waals surface area contributed by atoms with E-state index in [-0.39, 0.29) is 27.6 Å². The zero-order valence-corrected chi connectivity index (χ0v) is 16.1. The number of benzene rings is 2. The van der Waals surface area contributed by atoms with Gasteiger partial charge in [0.2, 0.25) is 21.8 Å². The Hall–Kier alpha value is -3.58. The van der Waals surface area contributed by atoms with Gasteiger partial charge in [0.1, 0.15) is 0 Å². The van der Waals surface area contributed by atoms with E-state index in [1.54, 1.807) is 0 Å². The van der Waals surface area contributed by atoms with Crippen LogP contribution in [0.15, 0.2) is 59.6 Å². The number of imidazole rings is 1. The van der Waals surface area contributed by atoms with Crippen LogP contribution in [0.5, 0.6) is 0 Å². The Kier molecular flexibility index (Phi) is 4.86. The maximum Gasteiger partial charge on any atom is 0.450 e. The maximum atomic E-state index is 14.5. The summed E-state index contributed by atoms with van der Waals surface area (Å²) in [6.45, 7) is 0. The minimum atomic E-state index is -4.88. The Bertz CT molecular complexity index is 1400. The first-order valence-corrected chi connectivity index (χ1v) is 10.1. The predicted molar refractivity (Wildman–Crippen MR) is 103 cm³/mol. The smallest absolute Gasteiger partial charge is 0.324 e. The highest BCUT2D eigenvalue weighted by Gasteiger charge is 2.39. The van der Waals surface area contributed by atoms with Crippen molar-refractivity contribution in [1.82, 2.24) is 19.5 Å². The number of hydrogen-bond acceptors (Lipinski definition) is 6. The zero-order chi connectivity index (χ0) is 22.4. The molecule has 8 nitrogen and oxygen atoms in total. The Balaban J connectivity index is 1.84. The van der Waals surface area contributed by atoms with Crippen LogP contribution >= 0.6 is 0 Å². The molecule has 2 heterocycles. The maximum absolute atomic E-state index is 14.5. The van der Waals surface area contributed by atoms with E-state index in [0.717, 1.165) is 0 Å². The third kappa shape index (κ3) is 4.04. The van der Waals surface area contributed by atoms with Crippen molar-refractivity contribution in [3.05, 3.63) is 66.4 Å². The third-order valence-electron chi connectivity index (χ3n) is 4.17. The van der Waals surface area contributed by atoms with Crippen molar-refractivity contribution >= 4 is 32.7 Å². The van der Waals surface area contributed by atoms with Crippen molar-refractivity contribution < 1.29 is 26.0 Å². The topological polar surface area (TPSA) is 116 Å². The van der Waals surface area contributed by atoms with Crippen LogP contribution in [0, 0.1) is 5.82 Å². The lowest BCUT2D eigenvalue weighted by atomic mass is 10.3. The highest BCUT2D eigenvalue weighted by atomic mass is 32.2. The van der Waals surface area contributed by atoms with Crippen molar-refractivity contribution in [3.8, 4) is 5.82 Å². The highest BCUT2D eigenvalue weighted by molar-refractivity contribution is 7.89. The number of sulfonamides is 1. The number of halogens is 4. The van der Waals surface area contributed by atoms with Crippen molar-refractivity contribution in [1.29, 1.82) is 0 Å². The molecule has 3 N–H and O–H groups in total. The fraction of sp³-hybridized carbons (Fsp3) is 0.0556. The molecule has 4 rings (SSSR count). The first-order chi connectivity index (χ1) is 14.5. The molecule has 0 aliphatic rings. The number of rotatable bonds is 4. The summed E-state index contributed by atoms with van der Waals surface area (Å²) in [6.07, 6.45) is -4.18. The first kappa shape index (κ1) is 20.7. The second kappa shape index (κ2) is 7.28. The molecule has 0 fully saturated rings. The number of alkyl halides is 3. The van der Waals surface area contributed by atoms with Gasteiger partial charge in [-0.3, -0.25) is 4.57 Å². The number of nitrogens with two attached hydrogens (primary N) is 1. The molecule has 2 aromatic heterocycles. The molecule has 0 aliphatic heterocycles. The molecule has 0 unspecified atom stereocenters. The van der Waals surface area contributed by atoms with Gasteiger partial charge < -0.3 is 5.32 Å². The molecule has 4 aromatic rings. The van der Waals surface area contributed by atoms with Crippen LogP contribution < -0.4 is 10.5 Å². The van der Waals surface area contributed by atoms with Gasteiger partial charge in [0.25, 0.3) is 0 Å². The number of nitrogens with one attached hydrogen (secondary N) is 1. The van der Waals surface area contributed by atoms with Crippen molar-refractivity contribution in [2.75, 3.05) is 5.32 Å². The van der Waals surface area contributed by atoms with Gasteiger partial charge >= 0.3 is 6.18 Å². The normalized spacial score (nSPS) is 12.3. The summed E-state index contributed by atoms with van der Waals surface area (Å²) in [5.74, 6) is -3.42. The van der Waals surface area contributed by atoms with Gasteiger partial charge in [0.15, 0.2) is 11.6 Å². The summed E-state index contributed by atoms with van der Waals surface area (Å²) in [7, 11) is -3.99. The van der Waals surface area contributed by atoms with Crippen molar-refractivity contribution in [3.63, 3.8) is 0 Å². The van der Waals surface area contributed by atoms with E-state index in [0.29, 0.717) is 10.8 Å². The summed E-state index contributed by atoms with van der Waals surface area (Å²) >= 11 is 0. The Morgan fingerprint density at radius 1 is 1.03 bits per heavy atom. The van der Waals surface area contributed by atoms with Gasteiger partial charge in [0.05, 0.1) is 22.1 Å². The molecular weight excluding hydrogens is 440 g/mol. The van der Waals surface area contributed by atoms with Gasteiger partial charge in [-0.2, -0.15) is 18.2 Å². The number of anilines is 2. The molecule has 0 atom stereocenters. The minimum absolute atomic E-state index is 0.00296. The van der Waals surface area contributed by atoms with Crippen LogP contribution in [0.25, 0.3) is 16.9 Å². The number of fused-ring (bicyclic) bond motifs is 1. The van der Waals surface area contributed by atoms with E-state index in [1.807, 2.05) is 0 Å².